The Morgan fingerprint density at radius 1 is 1.72 bits per heavy atom. The number of aromatic nitrogens is 2. The van der Waals surface area contributed by atoms with E-state index in [1.165, 1.54) is 19.4 Å². The van der Waals surface area contributed by atoms with E-state index in [9.17, 15) is 0 Å². The van der Waals surface area contributed by atoms with Crippen molar-refractivity contribution in [3.63, 3.8) is 0 Å². The molecule has 0 bridgehead atoms. The number of nitrogens with zero attached hydrogens (tertiary/aromatic N) is 3. The molecule has 1 aliphatic rings. The average Bonchev–Trinajstić information content (AvgIpc) is 3.04. The molecule has 6 nitrogen and oxygen atoms in total. The summed E-state index contributed by atoms with van der Waals surface area (Å²) in [6.45, 7) is 5.94. The summed E-state index contributed by atoms with van der Waals surface area (Å²) in [5, 5.41) is 9.93. The lowest BCUT2D eigenvalue weighted by Gasteiger charge is -2.23. The molecule has 0 spiro atoms. The summed E-state index contributed by atoms with van der Waals surface area (Å²) in [7, 11) is 0. The van der Waals surface area contributed by atoms with Gasteiger partial charge >= 0.3 is 0 Å². The number of H-pyrrole nitrogens is 1. The van der Waals surface area contributed by atoms with Gasteiger partial charge in [0.2, 0.25) is 0 Å². The zero-order valence-corrected chi connectivity index (χ0v) is 10.9. The Balaban J connectivity index is 1.74. The molecule has 0 saturated carbocycles. The number of likely N-dealkylation sites (tertiary alicyclic amines) is 1. The predicted octanol–water partition coefficient (Wildman–Crippen LogP) is 0.298. The fourth-order valence-corrected chi connectivity index (χ4v) is 2.36. The van der Waals surface area contributed by atoms with Gasteiger partial charge in [0.15, 0.2) is 5.96 Å². The van der Waals surface area contributed by atoms with Crippen molar-refractivity contribution >= 4 is 5.96 Å². The zero-order chi connectivity index (χ0) is 12.8. The van der Waals surface area contributed by atoms with Crippen LogP contribution in [-0.2, 0) is 6.54 Å². The van der Waals surface area contributed by atoms with E-state index in [1.807, 2.05) is 6.07 Å². The van der Waals surface area contributed by atoms with Crippen LogP contribution < -0.4 is 11.1 Å². The van der Waals surface area contributed by atoms with Crippen molar-refractivity contribution in [3.05, 3.63) is 18.0 Å². The van der Waals surface area contributed by atoms with Gasteiger partial charge in [0.25, 0.3) is 0 Å². The van der Waals surface area contributed by atoms with Gasteiger partial charge in [-0.25, -0.2) is 4.99 Å². The van der Waals surface area contributed by atoms with Crippen molar-refractivity contribution in [2.24, 2.45) is 10.7 Å². The molecular formula is C12H22N6. The molecule has 2 heterocycles. The highest BCUT2D eigenvalue weighted by Gasteiger charge is 2.22. The van der Waals surface area contributed by atoms with Crippen molar-refractivity contribution in [2.45, 2.75) is 32.4 Å². The van der Waals surface area contributed by atoms with E-state index >= 15 is 0 Å². The first-order valence-electron chi connectivity index (χ1n) is 6.55. The second-order valence-electron chi connectivity index (χ2n) is 4.59. The Kier molecular flexibility index (Phi) is 4.58. The SMILES string of the molecule is CCN1CCCC1CNC(N)=NCc1ccn[nH]1. The van der Waals surface area contributed by atoms with E-state index < -0.39 is 0 Å². The number of guanidine groups is 1. The smallest absolute Gasteiger partial charge is 0.189 e. The van der Waals surface area contributed by atoms with Crippen LogP contribution in [0.1, 0.15) is 25.5 Å². The van der Waals surface area contributed by atoms with Crippen LogP contribution in [0.3, 0.4) is 0 Å². The Labute approximate surface area is 108 Å². The highest BCUT2D eigenvalue weighted by Crippen LogP contribution is 2.15. The first-order valence-corrected chi connectivity index (χ1v) is 6.55. The summed E-state index contributed by atoms with van der Waals surface area (Å²) in [5.41, 5.74) is 6.81. The third-order valence-electron chi connectivity index (χ3n) is 3.40. The molecule has 0 amide bonds. The van der Waals surface area contributed by atoms with E-state index in [-0.39, 0.29) is 0 Å². The first kappa shape index (κ1) is 12.9. The normalized spacial score (nSPS) is 21.4. The minimum Gasteiger partial charge on any atom is -0.370 e. The van der Waals surface area contributed by atoms with Crippen molar-refractivity contribution < 1.29 is 0 Å². The second kappa shape index (κ2) is 6.39. The number of nitrogens with two attached hydrogens (primary N) is 1. The van der Waals surface area contributed by atoms with Gasteiger partial charge in [0.1, 0.15) is 0 Å². The standard InChI is InChI=1S/C12H22N6/c1-2-18-7-3-4-11(18)9-15-12(13)14-8-10-5-6-16-17-10/h5-6,11H,2-4,7-9H2,1H3,(H,16,17)(H3,13,14,15). The van der Waals surface area contributed by atoms with Gasteiger partial charge in [-0.15, -0.1) is 0 Å². The van der Waals surface area contributed by atoms with Gasteiger partial charge in [-0.05, 0) is 32.0 Å². The number of likely N-dealkylation sites (N-methyl/N-ethyl adjacent to an activating group) is 1. The molecule has 1 saturated heterocycles. The van der Waals surface area contributed by atoms with Gasteiger partial charge in [-0.1, -0.05) is 6.92 Å². The molecule has 100 valence electrons. The molecule has 2 rings (SSSR count). The lowest BCUT2D eigenvalue weighted by atomic mass is 10.2. The molecule has 1 aliphatic heterocycles. The predicted molar refractivity (Wildman–Crippen MR) is 72.2 cm³/mol. The molecule has 0 radical (unpaired) electrons. The van der Waals surface area contributed by atoms with Crippen molar-refractivity contribution in [2.75, 3.05) is 19.6 Å². The van der Waals surface area contributed by atoms with Crippen LogP contribution in [0.5, 0.6) is 0 Å². The molecule has 1 aromatic rings. The third kappa shape index (κ3) is 3.46. The Bertz CT molecular complexity index is 372. The monoisotopic (exact) mass is 250 g/mol. The minimum absolute atomic E-state index is 0.507. The molecule has 1 unspecified atom stereocenters. The fraction of sp³-hybridized carbons (Fsp3) is 0.667. The highest BCUT2D eigenvalue weighted by atomic mass is 15.2. The van der Waals surface area contributed by atoms with Gasteiger partial charge < -0.3 is 11.1 Å². The van der Waals surface area contributed by atoms with Crippen molar-refractivity contribution in [1.82, 2.24) is 20.4 Å². The van der Waals surface area contributed by atoms with E-state index in [0.717, 1.165) is 18.8 Å². The fourth-order valence-electron chi connectivity index (χ4n) is 2.36. The topological polar surface area (TPSA) is 82.3 Å². The number of nitrogens with one attached hydrogen (secondary N) is 2. The van der Waals surface area contributed by atoms with Crippen LogP contribution in [-0.4, -0.2) is 46.7 Å². The van der Waals surface area contributed by atoms with Gasteiger partial charge in [-0.2, -0.15) is 5.10 Å². The number of aromatic amines is 1. The van der Waals surface area contributed by atoms with Crippen LogP contribution in [0.15, 0.2) is 17.3 Å². The Hall–Kier alpha value is -1.56. The largest absolute Gasteiger partial charge is 0.370 e. The summed E-state index contributed by atoms with van der Waals surface area (Å²) in [5.74, 6) is 0.507. The molecule has 1 fully saturated rings. The lowest BCUT2D eigenvalue weighted by Crippen LogP contribution is -2.42. The molecule has 6 heteroatoms. The first-order chi connectivity index (χ1) is 8.79. The summed E-state index contributed by atoms with van der Waals surface area (Å²) < 4.78 is 0. The summed E-state index contributed by atoms with van der Waals surface area (Å²) in [4.78, 5) is 6.75. The van der Waals surface area contributed by atoms with Gasteiger partial charge in [0, 0.05) is 18.8 Å². The van der Waals surface area contributed by atoms with Crippen LogP contribution in [0.4, 0.5) is 0 Å². The number of hydrogen-bond acceptors (Lipinski definition) is 3. The summed E-state index contributed by atoms with van der Waals surface area (Å²) in [6.07, 6.45) is 4.24. The molecule has 1 aromatic heterocycles. The maximum atomic E-state index is 5.84. The summed E-state index contributed by atoms with van der Waals surface area (Å²) in [6, 6.07) is 2.49. The van der Waals surface area contributed by atoms with Crippen LogP contribution in [0.2, 0.25) is 0 Å². The van der Waals surface area contributed by atoms with Crippen molar-refractivity contribution in [1.29, 1.82) is 0 Å². The quantitative estimate of drug-likeness (QED) is 0.518. The third-order valence-corrected chi connectivity index (χ3v) is 3.40. The molecule has 1 atom stereocenters. The minimum atomic E-state index is 0.507. The van der Waals surface area contributed by atoms with Crippen molar-refractivity contribution in [3.8, 4) is 0 Å². The molecule has 18 heavy (non-hydrogen) atoms. The molecule has 0 aliphatic carbocycles. The Morgan fingerprint density at radius 2 is 2.61 bits per heavy atom. The zero-order valence-electron chi connectivity index (χ0n) is 10.9. The molecule has 4 N–H and O–H groups in total. The van der Waals surface area contributed by atoms with Gasteiger partial charge in [-0.3, -0.25) is 10.00 Å². The lowest BCUT2D eigenvalue weighted by molar-refractivity contribution is 0.267. The number of rotatable bonds is 5. The van der Waals surface area contributed by atoms with E-state index in [0.29, 0.717) is 18.5 Å². The van der Waals surface area contributed by atoms with Crippen LogP contribution >= 0.6 is 0 Å². The van der Waals surface area contributed by atoms with E-state index in [4.69, 9.17) is 5.73 Å². The average molecular weight is 250 g/mol. The molecular weight excluding hydrogens is 228 g/mol. The molecule has 0 aromatic carbocycles. The van der Waals surface area contributed by atoms with Gasteiger partial charge in [0.05, 0.1) is 12.2 Å². The second-order valence-corrected chi connectivity index (χ2v) is 4.59. The maximum Gasteiger partial charge on any atom is 0.189 e. The van der Waals surface area contributed by atoms with E-state index in [2.05, 4.69) is 32.3 Å². The Morgan fingerprint density at radius 3 is 3.33 bits per heavy atom. The number of hydrogen-bond donors (Lipinski definition) is 3. The number of aliphatic imine (C=N–C) groups is 1. The van der Waals surface area contributed by atoms with Crippen LogP contribution in [0, 0.1) is 0 Å². The van der Waals surface area contributed by atoms with Crippen LogP contribution in [0.25, 0.3) is 0 Å². The van der Waals surface area contributed by atoms with E-state index in [1.54, 1.807) is 6.20 Å². The maximum absolute atomic E-state index is 5.84. The highest BCUT2D eigenvalue weighted by molar-refractivity contribution is 5.77. The summed E-state index contributed by atoms with van der Waals surface area (Å²) >= 11 is 0.